The van der Waals surface area contributed by atoms with Crippen molar-refractivity contribution in [2.75, 3.05) is 11.1 Å². The second kappa shape index (κ2) is 9.81. The van der Waals surface area contributed by atoms with E-state index in [9.17, 15) is 10.1 Å². The molecule has 1 aromatic heterocycles. The lowest BCUT2D eigenvalue weighted by Gasteiger charge is -2.11. The van der Waals surface area contributed by atoms with E-state index in [0.29, 0.717) is 27.5 Å². The number of benzene rings is 2. The number of aromatic nitrogens is 1. The van der Waals surface area contributed by atoms with Gasteiger partial charge in [0.15, 0.2) is 0 Å². The molecule has 0 aliphatic heterocycles. The molecule has 1 amide bonds. The van der Waals surface area contributed by atoms with Crippen molar-refractivity contribution in [2.45, 2.75) is 25.8 Å². The quantitative estimate of drug-likeness (QED) is 0.393. The first-order chi connectivity index (χ1) is 14.5. The number of anilines is 1. The lowest BCUT2D eigenvalue weighted by Crippen LogP contribution is -2.14. The fraction of sp³-hybridized carbons (Fsp3) is 0.174. The third kappa shape index (κ3) is 5.31. The highest BCUT2D eigenvalue weighted by Crippen LogP contribution is 2.32. The van der Waals surface area contributed by atoms with Crippen LogP contribution in [0.25, 0.3) is 0 Å². The first-order valence-corrected chi connectivity index (χ1v) is 10.3. The van der Waals surface area contributed by atoms with Crippen LogP contribution >= 0.6 is 11.8 Å². The molecule has 1 N–H and O–H groups in total. The lowest BCUT2D eigenvalue weighted by atomic mass is 10.1. The molecule has 6 nitrogen and oxygen atoms in total. The van der Waals surface area contributed by atoms with Crippen LogP contribution in [0.3, 0.4) is 0 Å². The van der Waals surface area contributed by atoms with Gasteiger partial charge in [-0.2, -0.15) is 10.4 Å². The molecule has 0 saturated carbocycles. The highest BCUT2D eigenvalue weighted by Gasteiger charge is 2.16. The second-order valence-corrected chi connectivity index (χ2v) is 7.67. The summed E-state index contributed by atoms with van der Waals surface area (Å²) in [7, 11) is 0. The molecular weight excluding hydrogens is 394 g/mol. The minimum atomic E-state index is -0.157. The molecule has 1 heterocycles. The molecule has 0 aliphatic carbocycles. The van der Waals surface area contributed by atoms with E-state index in [1.54, 1.807) is 0 Å². The van der Waals surface area contributed by atoms with E-state index in [2.05, 4.69) is 26.6 Å². The molecule has 7 heteroatoms. The van der Waals surface area contributed by atoms with Crippen molar-refractivity contribution in [3.63, 3.8) is 0 Å². The molecule has 0 fully saturated rings. The van der Waals surface area contributed by atoms with Crippen molar-refractivity contribution in [3.8, 4) is 6.07 Å². The van der Waals surface area contributed by atoms with Crippen LogP contribution < -0.4 is 5.32 Å². The van der Waals surface area contributed by atoms with Gasteiger partial charge in [-0.3, -0.25) is 4.79 Å². The summed E-state index contributed by atoms with van der Waals surface area (Å²) in [5.41, 5.74) is 4.96. The predicted molar refractivity (Wildman–Crippen MR) is 120 cm³/mol. The van der Waals surface area contributed by atoms with Crippen LogP contribution in [0.4, 0.5) is 17.1 Å². The molecule has 0 spiro atoms. The number of para-hydroxylation sites is 1. The van der Waals surface area contributed by atoms with Gasteiger partial charge in [0.25, 0.3) is 0 Å². The topological polar surface area (TPSA) is 90.5 Å². The number of aryl methyl sites for hydroxylation is 2. The van der Waals surface area contributed by atoms with Gasteiger partial charge in [-0.15, -0.1) is 5.11 Å². The van der Waals surface area contributed by atoms with Gasteiger partial charge in [-0.25, -0.2) is 4.98 Å². The summed E-state index contributed by atoms with van der Waals surface area (Å²) in [6.45, 7) is 5.66. The average molecular weight is 416 g/mol. The molecule has 30 heavy (non-hydrogen) atoms. The van der Waals surface area contributed by atoms with Crippen LogP contribution in [0.1, 0.15) is 22.4 Å². The Kier molecular flexibility index (Phi) is 6.94. The largest absolute Gasteiger partial charge is 0.325 e. The summed E-state index contributed by atoms with van der Waals surface area (Å²) in [6.07, 6.45) is 0. The molecule has 2 aromatic carbocycles. The standard InChI is InChI=1S/C23H21N5OS/c1-15-9-11-19(12-10-15)27-28-22-16(2)20(13-24)23(25-17(22)3)30-14-21(29)26-18-7-5-4-6-8-18/h4-12H,14H2,1-3H3,(H,26,29). The molecule has 0 unspecified atom stereocenters. The van der Waals surface area contributed by atoms with Crippen molar-refractivity contribution in [2.24, 2.45) is 10.2 Å². The molecule has 0 aliphatic rings. The molecule has 3 rings (SSSR count). The number of hydrogen-bond acceptors (Lipinski definition) is 6. The van der Waals surface area contributed by atoms with Crippen LogP contribution in [-0.2, 0) is 4.79 Å². The SMILES string of the molecule is Cc1ccc(N=Nc2c(C)nc(SCC(=O)Nc3ccccc3)c(C#N)c2C)cc1. The molecule has 3 aromatic rings. The van der Waals surface area contributed by atoms with E-state index in [1.165, 1.54) is 11.8 Å². The summed E-state index contributed by atoms with van der Waals surface area (Å²) >= 11 is 1.23. The Morgan fingerprint density at radius 2 is 1.77 bits per heavy atom. The zero-order valence-corrected chi connectivity index (χ0v) is 17.8. The van der Waals surface area contributed by atoms with E-state index in [1.807, 2.05) is 75.4 Å². The number of carbonyl (C=O) groups excluding carboxylic acids is 1. The summed E-state index contributed by atoms with van der Waals surface area (Å²) < 4.78 is 0. The summed E-state index contributed by atoms with van der Waals surface area (Å²) in [6, 6.07) is 19.1. The van der Waals surface area contributed by atoms with Crippen molar-refractivity contribution in [1.82, 2.24) is 4.98 Å². The van der Waals surface area contributed by atoms with Crippen molar-refractivity contribution < 1.29 is 4.79 Å². The molecule has 0 radical (unpaired) electrons. The van der Waals surface area contributed by atoms with Gasteiger partial charge in [0.1, 0.15) is 16.8 Å². The van der Waals surface area contributed by atoms with Crippen molar-refractivity contribution in [1.29, 1.82) is 5.26 Å². The van der Waals surface area contributed by atoms with E-state index in [-0.39, 0.29) is 11.7 Å². The van der Waals surface area contributed by atoms with Crippen LogP contribution in [0, 0.1) is 32.1 Å². The third-order valence-corrected chi connectivity index (χ3v) is 5.34. The number of pyridine rings is 1. The Bertz CT molecular complexity index is 1120. The van der Waals surface area contributed by atoms with Crippen molar-refractivity contribution in [3.05, 3.63) is 77.0 Å². The number of rotatable bonds is 6. The normalized spacial score (nSPS) is 10.7. The Hall–Kier alpha value is -3.50. The highest BCUT2D eigenvalue weighted by molar-refractivity contribution is 8.00. The number of nitrogens with one attached hydrogen (secondary N) is 1. The van der Waals surface area contributed by atoms with Crippen LogP contribution in [0.2, 0.25) is 0 Å². The molecular formula is C23H21N5OS. The molecule has 0 bridgehead atoms. The number of hydrogen-bond donors (Lipinski definition) is 1. The smallest absolute Gasteiger partial charge is 0.234 e. The number of nitriles is 1. The average Bonchev–Trinajstić information content (AvgIpc) is 2.74. The van der Waals surface area contributed by atoms with Crippen LogP contribution in [0.5, 0.6) is 0 Å². The summed E-state index contributed by atoms with van der Waals surface area (Å²) in [5.74, 6) is -0.00464. The fourth-order valence-electron chi connectivity index (χ4n) is 2.77. The van der Waals surface area contributed by atoms with Gasteiger partial charge >= 0.3 is 0 Å². The fourth-order valence-corrected chi connectivity index (χ4v) is 3.65. The van der Waals surface area contributed by atoms with Gasteiger partial charge in [0.2, 0.25) is 5.91 Å². The first kappa shape index (κ1) is 21.2. The van der Waals surface area contributed by atoms with Gasteiger partial charge in [0.05, 0.1) is 22.7 Å². The van der Waals surface area contributed by atoms with Gasteiger partial charge < -0.3 is 5.32 Å². The lowest BCUT2D eigenvalue weighted by molar-refractivity contribution is -0.113. The van der Waals surface area contributed by atoms with Gasteiger partial charge in [-0.1, -0.05) is 47.7 Å². The van der Waals surface area contributed by atoms with E-state index in [0.717, 1.165) is 16.9 Å². The zero-order valence-electron chi connectivity index (χ0n) is 17.0. The number of azo groups is 1. The number of nitrogens with zero attached hydrogens (tertiary/aromatic N) is 4. The van der Waals surface area contributed by atoms with Gasteiger partial charge in [-0.05, 0) is 50.6 Å². The Balaban J connectivity index is 1.77. The minimum Gasteiger partial charge on any atom is -0.325 e. The highest BCUT2D eigenvalue weighted by atomic mass is 32.2. The van der Waals surface area contributed by atoms with Gasteiger partial charge in [0, 0.05) is 5.69 Å². The third-order valence-electron chi connectivity index (χ3n) is 4.36. The Morgan fingerprint density at radius 1 is 1.07 bits per heavy atom. The molecule has 150 valence electrons. The minimum absolute atomic E-state index is 0.152. The van der Waals surface area contributed by atoms with Crippen LogP contribution in [0.15, 0.2) is 69.9 Å². The van der Waals surface area contributed by atoms with Crippen LogP contribution in [-0.4, -0.2) is 16.6 Å². The maximum absolute atomic E-state index is 12.2. The summed E-state index contributed by atoms with van der Waals surface area (Å²) in [5, 5.41) is 21.6. The first-order valence-electron chi connectivity index (χ1n) is 9.35. The van der Waals surface area contributed by atoms with E-state index < -0.39 is 0 Å². The Morgan fingerprint density at radius 3 is 2.43 bits per heavy atom. The Labute approximate surface area is 180 Å². The van der Waals surface area contributed by atoms with E-state index in [4.69, 9.17) is 0 Å². The summed E-state index contributed by atoms with van der Waals surface area (Å²) in [4.78, 5) is 16.7. The second-order valence-electron chi connectivity index (χ2n) is 6.70. The van der Waals surface area contributed by atoms with E-state index >= 15 is 0 Å². The number of carbonyl (C=O) groups is 1. The zero-order chi connectivity index (χ0) is 21.5. The monoisotopic (exact) mass is 415 g/mol. The van der Waals surface area contributed by atoms with Crippen molar-refractivity contribution >= 4 is 34.7 Å². The molecule has 0 atom stereocenters. The number of amides is 1. The maximum Gasteiger partial charge on any atom is 0.234 e. The number of thioether (sulfide) groups is 1. The maximum atomic E-state index is 12.2. The predicted octanol–water partition coefficient (Wildman–Crippen LogP) is 6.02. The molecule has 0 saturated heterocycles.